The molecule has 2 aromatic rings. The van der Waals surface area contributed by atoms with Crippen molar-refractivity contribution in [2.45, 2.75) is 63.4 Å². The third kappa shape index (κ3) is 3.29. The first-order valence-electron chi connectivity index (χ1n) is 7.85. The van der Waals surface area contributed by atoms with E-state index in [1.54, 1.807) is 18.8 Å². The number of nitrogens with zero attached hydrogens (tertiary/aromatic N) is 3. The molecule has 22 heavy (non-hydrogen) atoms. The average Bonchev–Trinajstić information content (AvgIpc) is 2.84. The van der Waals surface area contributed by atoms with Crippen LogP contribution < -0.4 is 11.2 Å². The van der Waals surface area contributed by atoms with Gasteiger partial charge in [0, 0.05) is 18.8 Å². The first kappa shape index (κ1) is 16.9. The molecule has 0 unspecified atom stereocenters. The fourth-order valence-electron chi connectivity index (χ4n) is 2.30. The van der Waals surface area contributed by atoms with Gasteiger partial charge >= 0.3 is 5.69 Å². The van der Waals surface area contributed by atoms with Crippen LogP contribution in [0.4, 0.5) is 0 Å². The Morgan fingerprint density at radius 3 is 2.64 bits per heavy atom. The number of aromatic amines is 1. The Bertz CT molecular complexity index is 759. The third-order valence-electron chi connectivity index (χ3n) is 3.84. The highest BCUT2D eigenvalue weighted by Crippen LogP contribution is 2.27. The monoisotopic (exact) mass is 324 g/mol. The number of aryl methyl sites for hydroxylation is 2. The molecule has 122 valence electrons. The van der Waals surface area contributed by atoms with Gasteiger partial charge in [-0.15, -0.1) is 0 Å². The number of H-pyrrole nitrogens is 1. The predicted octanol–water partition coefficient (Wildman–Crippen LogP) is 2.50. The van der Waals surface area contributed by atoms with Gasteiger partial charge in [-0.25, -0.2) is 9.78 Å². The second kappa shape index (κ2) is 7.17. The quantitative estimate of drug-likeness (QED) is 0.627. The second-order valence-corrected chi connectivity index (χ2v) is 6.99. The number of imidazole rings is 1. The number of rotatable bonds is 7. The van der Waals surface area contributed by atoms with E-state index in [4.69, 9.17) is 0 Å². The van der Waals surface area contributed by atoms with E-state index in [2.05, 4.69) is 30.7 Å². The molecule has 7 heteroatoms. The zero-order chi connectivity index (χ0) is 16.3. The topological polar surface area (TPSA) is 72.7 Å². The van der Waals surface area contributed by atoms with Crippen molar-refractivity contribution in [3.05, 3.63) is 20.8 Å². The molecule has 2 rings (SSSR count). The van der Waals surface area contributed by atoms with Gasteiger partial charge in [-0.05, 0) is 12.8 Å². The van der Waals surface area contributed by atoms with Crippen molar-refractivity contribution in [2.24, 2.45) is 7.05 Å². The molecule has 1 N–H and O–H groups in total. The number of hydrogen-bond acceptors (Lipinski definition) is 4. The van der Waals surface area contributed by atoms with E-state index in [1.807, 2.05) is 4.57 Å². The van der Waals surface area contributed by atoms with Crippen LogP contribution >= 0.6 is 11.8 Å². The molecule has 0 spiro atoms. The minimum absolute atomic E-state index is 0.349. The molecular weight excluding hydrogens is 300 g/mol. The Morgan fingerprint density at radius 1 is 1.27 bits per heavy atom. The van der Waals surface area contributed by atoms with Crippen LogP contribution in [0.25, 0.3) is 11.2 Å². The Morgan fingerprint density at radius 2 is 2.00 bits per heavy atom. The van der Waals surface area contributed by atoms with Crippen molar-refractivity contribution in [3.8, 4) is 0 Å². The van der Waals surface area contributed by atoms with E-state index >= 15 is 0 Å². The summed E-state index contributed by atoms with van der Waals surface area (Å²) in [6, 6.07) is 0. The average molecular weight is 324 g/mol. The van der Waals surface area contributed by atoms with Crippen molar-refractivity contribution >= 4 is 22.9 Å². The summed E-state index contributed by atoms with van der Waals surface area (Å²) in [5.74, 6) is 0. The number of fused-ring (bicyclic) bond motifs is 1. The summed E-state index contributed by atoms with van der Waals surface area (Å²) in [5, 5.41) is 1.24. The summed E-state index contributed by atoms with van der Waals surface area (Å²) in [6.07, 6.45) is 4.25. The zero-order valence-corrected chi connectivity index (χ0v) is 14.5. The van der Waals surface area contributed by atoms with Crippen molar-refractivity contribution in [3.63, 3.8) is 0 Å². The summed E-state index contributed by atoms with van der Waals surface area (Å²) in [5.41, 5.74) is 0.203. The largest absolute Gasteiger partial charge is 0.329 e. The maximum atomic E-state index is 12.2. The Kier molecular flexibility index (Phi) is 5.50. The Hall–Kier alpha value is -1.50. The van der Waals surface area contributed by atoms with E-state index in [0.29, 0.717) is 16.4 Å². The van der Waals surface area contributed by atoms with Crippen LogP contribution in [0.1, 0.15) is 46.5 Å². The normalized spacial score (nSPS) is 12.9. The standard InChI is InChI=1S/C15H24N4O2S/c1-5-7-8-9-19-11-12(16-15(19)22-10(3)6-2)18(4)14(21)17-13(11)20/h10H,5-9H2,1-4H3,(H,17,20,21)/t10-/m1/s1. The van der Waals surface area contributed by atoms with Gasteiger partial charge in [0.15, 0.2) is 16.3 Å². The molecule has 2 heterocycles. The van der Waals surface area contributed by atoms with Gasteiger partial charge in [0.25, 0.3) is 5.56 Å². The van der Waals surface area contributed by atoms with Crippen LogP contribution in [-0.4, -0.2) is 24.4 Å². The number of nitrogens with one attached hydrogen (secondary N) is 1. The molecule has 0 aliphatic heterocycles. The zero-order valence-electron chi connectivity index (χ0n) is 13.7. The molecule has 0 bridgehead atoms. The molecular formula is C15H24N4O2S. The molecule has 0 aliphatic rings. The smallest absolute Gasteiger partial charge is 0.313 e. The molecule has 6 nitrogen and oxygen atoms in total. The van der Waals surface area contributed by atoms with Crippen molar-refractivity contribution in [2.75, 3.05) is 0 Å². The molecule has 0 saturated heterocycles. The summed E-state index contributed by atoms with van der Waals surface area (Å²) < 4.78 is 3.38. The highest BCUT2D eigenvalue weighted by Gasteiger charge is 2.18. The van der Waals surface area contributed by atoms with E-state index in [1.165, 1.54) is 4.57 Å². The Balaban J connectivity index is 2.58. The van der Waals surface area contributed by atoms with E-state index in [0.717, 1.165) is 37.4 Å². The first-order valence-corrected chi connectivity index (χ1v) is 8.73. The lowest BCUT2D eigenvalue weighted by Crippen LogP contribution is -2.29. The molecule has 0 aliphatic carbocycles. The summed E-state index contributed by atoms with van der Waals surface area (Å²) in [7, 11) is 1.64. The maximum absolute atomic E-state index is 12.2. The van der Waals surface area contributed by atoms with Gasteiger partial charge in [-0.2, -0.15) is 0 Å². The fourth-order valence-corrected chi connectivity index (χ4v) is 3.27. The van der Waals surface area contributed by atoms with Gasteiger partial charge < -0.3 is 4.57 Å². The lowest BCUT2D eigenvalue weighted by Gasteiger charge is -2.11. The van der Waals surface area contributed by atoms with Gasteiger partial charge in [-0.1, -0.05) is 45.4 Å². The molecule has 0 saturated carbocycles. The van der Waals surface area contributed by atoms with Gasteiger partial charge in [0.2, 0.25) is 0 Å². The van der Waals surface area contributed by atoms with Crippen molar-refractivity contribution < 1.29 is 0 Å². The van der Waals surface area contributed by atoms with Crippen LogP contribution in [0.15, 0.2) is 14.7 Å². The highest BCUT2D eigenvalue weighted by atomic mass is 32.2. The van der Waals surface area contributed by atoms with E-state index in [9.17, 15) is 9.59 Å². The van der Waals surface area contributed by atoms with Crippen LogP contribution in [0.2, 0.25) is 0 Å². The molecule has 0 radical (unpaired) electrons. The lowest BCUT2D eigenvalue weighted by atomic mass is 10.2. The van der Waals surface area contributed by atoms with Crippen LogP contribution in [-0.2, 0) is 13.6 Å². The molecule has 0 amide bonds. The first-order chi connectivity index (χ1) is 10.5. The number of thioether (sulfide) groups is 1. The predicted molar refractivity (Wildman–Crippen MR) is 90.7 cm³/mol. The van der Waals surface area contributed by atoms with Crippen molar-refractivity contribution in [1.82, 2.24) is 19.1 Å². The number of unbranched alkanes of at least 4 members (excludes halogenated alkanes) is 2. The summed E-state index contributed by atoms with van der Waals surface area (Å²) >= 11 is 1.66. The maximum Gasteiger partial charge on any atom is 0.329 e. The number of aromatic nitrogens is 4. The Labute approximate surface area is 133 Å². The van der Waals surface area contributed by atoms with Gasteiger partial charge in [0.05, 0.1) is 0 Å². The van der Waals surface area contributed by atoms with Crippen LogP contribution in [0, 0.1) is 0 Å². The van der Waals surface area contributed by atoms with Gasteiger partial charge in [-0.3, -0.25) is 14.3 Å². The SMILES string of the molecule is CCCCCn1c(S[C@H](C)CC)nc2c1c(=O)[nH]c(=O)n2C. The lowest BCUT2D eigenvalue weighted by molar-refractivity contribution is 0.577. The van der Waals surface area contributed by atoms with Gasteiger partial charge in [0.1, 0.15) is 0 Å². The second-order valence-electron chi connectivity index (χ2n) is 5.58. The fraction of sp³-hybridized carbons (Fsp3) is 0.667. The van der Waals surface area contributed by atoms with Crippen molar-refractivity contribution in [1.29, 1.82) is 0 Å². The number of hydrogen-bond donors (Lipinski definition) is 1. The van der Waals surface area contributed by atoms with Crippen LogP contribution in [0.3, 0.4) is 0 Å². The molecule has 2 aromatic heterocycles. The molecule has 0 fully saturated rings. The summed E-state index contributed by atoms with van der Waals surface area (Å²) in [4.78, 5) is 30.9. The molecule has 0 aromatic carbocycles. The minimum Gasteiger partial charge on any atom is -0.313 e. The summed E-state index contributed by atoms with van der Waals surface area (Å²) in [6.45, 7) is 7.18. The minimum atomic E-state index is -0.421. The van der Waals surface area contributed by atoms with E-state index in [-0.39, 0.29) is 5.56 Å². The van der Waals surface area contributed by atoms with E-state index < -0.39 is 5.69 Å². The van der Waals surface area contributed by atoms with Crippen LogP contribution in [0.5, 0.6) is 0 Å². The third-order valence-corrected chi connectivity index (χ3v) is 5.10. The highest BCUT2D eigenvalue weighted by molar-refractivity contribution is 7.99. The molecule has 1 atom stereocenters.